The van der Waals surface area contributed by atoms with Gasteiger partial charge in [-0.05, 0) is 31.9 Å². The summed E-state index contributed by atoms with van der Waals surface area (Å²) in [6.45, 7) is 2.49. The van der Waals surface area contributed by atoms with Crippen LogP contribution in [0.3, 0.4) is 0 Å². The van der Waals surface area contributed by atoms with Gasteiger partial charge in [-0.3, -0.25) is 14.3 Å². The molecule has 1 aromatic heterocycles. The van der Waals surface area contributed by atoms with Crippen molar-refractivity contribution in [2.75, 3.05) is 6.54 Å². The van der Waals surface area contributed by atoms with Crippen molar-refractivity contribution < 1.29 is 14.7 Å². The van der Waals surface area contributed by atoms with E-state index in [0.29, 0.717) is 17.7 Å². The molecule has 6 nitrogen and oxygen atoms in total. The second kappa shape index (κ2) is 6.47. The topological polar surface area (TPSA) is 75.4 Å². The monoisotopic (exact) mass is 327 g/mol. The Hall–Kier alpha value is -2.63. The average molecular weight is 327 g/mol. The van der Waals surface area contributed by atoms with Crippen molar-refractivity contribution in [3.63, 3.8) is 0 Å². The Bertz CT molecular complexity index is 782. The highest BCUT2D eigenvalue weighted by molar-refractivity contribution is 5.99. The Labute approximate surface area is 140 Å². The number of nitrogens with zero attached hydrogens (tertiary/aromatic N) is 3. The summed E-state index contributed by atoms with van der Waals surface area (Å²) in [5.41, 5.74) is 1.78. The van der Waals surface area contributed by atoms with Crippen molar-refractivity contribution in [2.24, 2.45) is 7.05 Å². The molecule has 1 fully saturated rings. The van der Waals surface area contributed by atoms with E-state index >= 15 is 0 Å². The van der Waals surface area contributed by atoms with Gasteiger partial charge in [0.2, 0.25) is 0 Å². The number of aryl methyl sites for hydroxylation is 2. The van der Waals surface area contributed by atoms with Crippen molar-refractivity contribution >= 4 is 11.7 Å². The third-order valence-electron chi connectivity index (χ3n) is 4.47. The molecule has 1 N–H and O–H groups in total. The first-order chi connectivity index (χ1) is 11.5. The van der Waals surface area contributed by atoms with Crippen LogP contribution in [-0.2, 0) is 7.05 Å². The molecular weight excluding hydrogens is 306 g/mol. The summed E-state index contributed by atoms with van der Waals surface area (Å²) in [5.74, 6) is -0.242. The number of likely N-dealkylation sites (tertiary alicyclic amines) is 1. The van der Waals surface area contributed by atoms with Crippen LogP contribution in [0.2, 0.25) is 0 Å². The van der Waals surface area contributed by atoms with Crippen LogP contribution in [0.5, 0.6) is 5.75 Å². The van der Waals surface area contributed by atoms with Crippen LogP contribution in [-0.4, -0.2) is 44.1 Å². The number of benzene rings is 1. The molecule has 126 valence electrons. The van der Waals surface area contributed by atoms with E-state index in [-0.39, 0.29) is 29.9 Å². The highest BCUT2D eigenvalue weighted by atomic mass is 16.3. The zero-order valence-corrected chi connectivity index (χ0v) is 13.9. The van der Waals surface area contributed by atoms with Gasteiger partial charge in [0.15, 0.2) is 5.78 Å². The fraction of sp³-hybridized carbons (Fsp3) is 0.389. The number of ketones is 1. The van der Waals surface area contributed by atoms with Gasteiger partial charge in [-0.15, -0.1) is 0 Å². The number of rotatable bonds is 4. The van der Waals surface area contributed by atoms with Crippen LogP contribution in [0.4, 0.5) is 0 Å². The summed E-state index contributed by atoms with van der Waals surface area (Å²) in [6.07, 6.45) is 5.18. The van der Waals surface area contributed by atoms with Crippen LogP contribution >= 0.6 is 0 Å². The van der Waals surface area contributed by atoms with E-state index in [1.165, 1.54) is 6.07 Å². The van der Waals surface area contributed by atoms with E-state index in [4.69, 9.17) is 0 Å². The molecule has 1 aliphatic heterocycles. The molecule has 1 atom stereocenters. The second-order valence-corrected chi connectivity index (χ2v) is 6.35. The lowest BCUT2D eigenvalue weighted by Crippen LogP contribution is -2.36. The van der Waals surface area contributed by atoms with Gasteiger partial charge < -0.3 is 10.0 Å². The average Bonchev–Trinajstić information content (AvgIpc) is 3.18. The molecule has 0 bridgehead atoms. The predicted octanol–water partition coefficient (Wildman–Crippen LogP) is 2.31. The number of amides is 1. The minimum absolute atomic E-state index is 0.0127. The predicted molar refractivity (Wildman–Crippen MR) is 89.1 cm³/mol. The minimum Gasteiger partial charge on any atom is -0.507 e. The van der Waals surface area contributed by atoms with Gasteiger partial charge in [0, 0.05) is 32.3 Å². The first-order valence-electron chi connectivity index (χ1n) is 8.08. The summed E-state index contributed by atoms with van der Waals surface area (Å²) in [4.78, 5) is 26.9. The van der Waals surface area contributed by atoms with Gasteiger partial charge in [-0.25, -0.2) is 0 Å². The lowest BCUT2D eigenvalue weighted by Gasteiger charge is -2.24. The third-order valence-corrected chi connectivity index (χ3v) is 4.47. The van der Waals surface area contributed by atoms with E-state index in [9.17, 15) is 14.7 Å². The molecule has 1 aromatic carbocycles. The summed E-state index contributed by atoms with van der Waals surface area (Å²) in [6, 6.07) is 4.86. The van der Waals surface area contributed by atoms with Gasteiger partial charge in [-0.2, -0.15) is 5.10 Å². The first kappa shape index (κ1) is 16.2. The zero-order chi connectivity index (χ0) is 17.3. The van der Waals surface area contributed by atoms with E-state index < -0.39 is 0 Å². The Balaban J connectivity index is 1.76. The van der Waals surface area contributed by atoms with Crippen molar-refractivity contribution in [1.29, 1.82) is 0 Å². The molecule has 0 spiro atoms. The molecule has 2 heterocycles. The number of Topliss-reactive ketones (excluding diaryl/α,β-unsaturated/α-hetero) is 1. The maximum atomic E-state index is 12.8. The van der Waals surface area contributed by atoms with E-state index in [1.807, 2.05) is 6.92 Å². The maximum absolute atomic E-state index is 12.8. The number of phenolic OH excluding ortho intramolecular Hbond substituents is 1. The molecule has 0 unspecified atom stereocenters. The molecule has 0 aliphatic carbocycles. The highest BCUT2D eigenvalue weighted by Crippen LogP contribution is 2.27. The van der Waals surface area contributed by atoms with Gasteiger partial charge >= 0.3 is 0 Å². The number of aromatic hydroxyl groups is 1. The molecule has 24 heavy (non-hydrogen) atoms. The van der Waals surface area contributed by atoms with Crippen molar-refractivity contribution in [3.8, 4) is 5.75 Å². The molecule has 2 aromatic rings. The Morgan fingerprint density at radius 2 is 2.17 bits per heavy atom. The van der Waals surface area contributed by atoms with Gasteiger partial charge in [0.05, 0.1) is 17.3 Å². The molecule has 3 rings (SSSR count). The van der Waals surface area contributed by atoms with Crippen LogP contribution in [0, 0.1) is 6.92 Å². The largest absolute Gasteiger partial charge is 0.507 e. The maximum Gasteiger partial charge on any atom is 0.257 e. The standard InChI is InChI=1S/C18H21N3O3/c1-12-5-6-16(22)15(8-12)18(24)21-7-3-4-14(21)9-17(23)13-10-19-20(2)11-13/h5-6,8,10-11,14,22H,3-4,7,9H2,1-2H3/t14-/m0/s1. The number of hydrogen-bond acceptors (Lipinski definition) is 4. The summed E-state index contributed by atoms with van der Waals surface area (Å²) >= 11 is 0. The number of carbonyl (C=O) groups is 2. The SMILES string of the molecule is Cc1ccc(O)c(C(=O)N2CCC[C@H]2CC(=O)c2cnn(C)c2)c1. The Kier molecular flexibility index (Phi) is 4.38. The third kappa shape index (κ3) is 3.18. The number of carbonyl (C=O) groups excluding carboxylic acids is 2. The van der Waals surface area contributed by atoms with Crippen molar-refractivity contribution in [2.45, 2.75) is 32.2 Å². The fourth-order valence-electron chi connectivity index (χ4n) is 3.19. The summed E-state index contributed by atoms with van der Waals surface area (Å²) in [7, 11) is 1.77. The fourth-order valence-corrected chi connectivity index (χ4v) is 3.19. The Morgan fingerprint density at radius 1 is 1.38 bits per heavy atom. The minimum atomic E-state index is -0.210. The smallest absolute Gasteiger partial charge is 0.257 e. The molecule has 6 heteroatoms. The van der Waals surface area contributed by atoms with Gasteiger partial charge in [0.25, 0.3) is 5.91 Å². The molecule has 0 radical (unpaired) electrons. The quantitative estimate of drug-likeness (QED) is 0.875. The van der Waals surface area contributed by atoms with E-state index in [1.54, 1.807) is 41.2 Å². The zero-order valence-electron chi connectivity index (χ0n) is 13.9. The van der Waals surface area contributed by atoms with Crippen molar-refractivity contribution in [1.82, 2.24) is 14.7 Å². The van der Waals surface area contributed by atoms with Crippen LogP contribution in [0.25, 0.3) is 0 Å². The summed E-state index contributed by atoms with van der Waals surface area (Å²) < 4.78 is 1.59. The molecule has 1 amide bonds. The normalized spacial score (nSPS) is 17.2. The highest BCUT2D eigenvalue weighted by Gasteiger charge is 2.32. The van der Waals surface area contributed by atoms with Gasteiger partial charge in [0.1, 0.15) is 5.75 Å². The van der Waals surface area contributed by atoms with Crippen LogP contribution in [0.1, 0.15) is 45.5 Å². The molecule has 1 saturated heterocycles. The van der Waals surface area contributed by atoms with E-state index in [0.717, 1.165) is 18.4 Å². The Morgan fingerprint density at radius 3 is 2.88 bits per heavy atom. The number of hydrogen-bond donors (Lipinski definition) is 1. The lowest BCUT2D eigenvalue weighted by molar-refractivity contribution is 0.0714. The van der Waals surface area contributed by atoms with E-state index in [2.05, 4.69) is 5.10 Å². The second-order valence-electron chi connectivity index (χ2n) is 6.35. The molecular formula is C18H21N3O3. The van der Waals surface area contributed by atoms with Crippen LogP contribution in [0.15, 0.2) is 30.6 Å². The van der Waals surface area contributed by atoms with Crippen molar-refractivity contribution in [3.05, 3.63) is 47.3 Å². The number of phenols is 1. The summed E-state index contributed by atoms with van der Waals surface area (Å²) in [5, 5.41) is 14.0. The molecule has 0 saturated carbocycles. The molecule has 1 aliphatic rings. The lowest BCUT2D eigenvalue weighted by atomic mass is 10.0. The van der Waals surface area contributed by atoms with Crippen LogP contribution < -0.4 is 0 Å². The van der Waals surface area contributed by atoms with Gasteiger partial charge in [-0.1, -0.05) is 11.6 Å². The first-order valence-corrected chi connectivity index (χ1v) is 8.08. The number of aromatic nitrogens is 2.